The standard InChI is InChI=1S/C43H70O47S6/c1-13-16(18(26(45)24(81-13)11-79-91(56,57)58)8-77-42-36(89-95(68,69)70)31(50)33(14(2)82-42)87-93(62,63)64)6-75-40-29(48)20(28(47)35(86-40)39(54)55)5-74-10-23-17(7-76-41-30(49)21(44)4-22(85-41)38(52)53)19(27(46)25(84-23)12-80-92(59,60)61)9-78-43-37(90-96(71,72)73)32(51)34(15(3)83-43)88-94(65,66)67/h4,13-21,23-37,40-51H,5-12H2,1-3H3,(H,52,53)(H,54,55)(H,56,57,58)(H,59,60,61)(H,62,63,64)(H,65,66,67)(H,68,69,70)(H,71,72,73)/t13?,14?,15?,16?,17?,18?,19?,20?,21?,23-,24?,25?,26+,27+,28+,29?,30?,31?,32?,33-,34-,35?,36?,37?,40+,41+,42+,43+/m0/s1. The Balaban J connectivity index is 1.29. The van der Waals surface area contributed by atoms with Gasteiger partial charge in [-0.15, -0.1) is 0 Å². The number of carboxylic acids is 2. The second kappa shape index (κ2) is 33.0. The normalized spacial score (nSPS) is 40.1. The van der Waals surface area contributed by atoms with Crippen LogP contribution in [0.2, 0.25) is 0 Å². The van der Waals surface area contributed by atoms with Crippen molar-refractivity contribution in [3.8, 4) is 0 Å². The summed E-state index contributed by atoms with van der Waals surface area (Å²) >= 11 is 0. The van der Waals surface area contributed by atoms with Gasteiger partial charge in [0.25, 0.3) is 0 Å². The molecule has 0 saturated carbocycles. The summed E-state index contributed by atoms with van der Waals surface area (Å²) in [6.45, 7) is -5.19. The highest BCUT2D eigenvalue weighted by Crippen LogP contribution is 2.39. The smallest absolute Gasteiger partial charge is 0.397 e. The number of aliphatic hydroxyl groups excluding tert-OH is 8. The van der Waals surface area contributed by atoms with Crippen LogP contribution in [0, 0.1) is 29.6 Å². The quantitative estimate of drug-likeness (QED) is 0.0278. The summed E-state index contributed by atoms with van der Waals surface area (Å²) in [6, 6.07) is 0. The Bertz CT molecular complexity index is 3360. The molecule has 6 rings (SSSR count). The molecule has 53 heteroatoms. The van der Waals surface area contributed by atoms with Gasteiger partial charge in [-0.3, -0.25) is 27.3 Å². The lowest BCUT2D eigenvalue weighted by molar-refractivity contribution is -0.306. The van der Waals surface area contributed by atoms with Crippen LogP contribution in [0.25, 0.3) is 0 Å². The number of aliphatic carboxylic acids is 2. The second-order valence-corrected chi connectivity index (χ2v) is 28.5. The van der Waals surface area contributed by atoms with Crippen molar-refractivity contribution in [1.82, 2.24) is 0 Å². The van der Waals surface area contributed by atoms with Gasteiger partial charge in [-0.25, -0.2) is 34.7 Å². The third kappa shape index (κ3) is 23.0. The van der Waals surface area contributed by atoms with Crippen LogP contribution in [0.15, 0.2) is 11.8 Å². The zero-order valence-electron chi connectivity index (χ0n) is 49.2. The molecule has 0 amide bonds. The first-order valence-electron chi connectivity index (χ1n) is 27.5. The van der Waals surface area contributed by atoms with Crippen molar-refractivity contribution < 1.29 is 216 Å². The molecule has 0 radical (unpaired) electrons. The Kier molecular flexibility index (Phi) is 28.1. The van der Waals surface area contributed by atoms with E-state index in [1.54, 1.807) is 0 Å². The number of carboxylic acid groups (broad SMARTS) is 2. The summed E-state index contributed by atoms with van der Waals surface area (Å²) in [7, 11) is -32.8. The number of ether oxygens (including phenoxy) is 11. The van der Waals surface area contributed by atoms with Crippen molar-refractivity contribution in [2.45, 2.75) is 162 Å². The highest BCUT2D eigenvalue weighted by molar-refractivity contribution is 7.82. The molecular formula is C43H70O47S6. The largest absolute Gasteiger partial charge is 0.479 e. The van der Waals surface area contributed by atoms with Crippen molar-refractivity contribution in [3.63, 3.8) is 0 Å². The van der Waals surface area contributed by atoms with Crippen molar-refractivity contribution in [2.24, 2.45) is 29.6 Å². The predicted octanol–water partition coefficient (Wildman–Crippen LogP) is -9.39. The molecule has 6 aliphatic rings. The summed E-state index contributed by atoms with van der Waals surface area (Å²) in [5, 5.41) is 110. The maximum atomic E-state index is 12.7. The Labute approximate surface area is 544 Å². The number of aliphatic hydroxyl groups is 8. The topological polar surface area (TPSA) is 720 Å². The molecule has 0 aromatic heterocycles. The molecule has 0 aliphatic carbocycles. The van der Waals surface area contributed by atoms with Gasteiger partial charge >= 0.3 is 74.3 Å². The van der Waals surface area contributed by atoms with E-state index in [0.29, 0.717) is 6.08 Å². The van der Waals surface area contributed by atoms with Gasteiger partial charge in [-0.2, -0.15) is 50.5 Å². The Morgan fingerprint density at radius 3 is 1.23 bits per heavy atom. The SMILES string of the molecule is CC1OC(COS(=O)(=O)O)[C@H](O)C(CO[C@@H]2OC(C)[C@H](OS(=O)(=O)O)C(O)C2OS(=O)(=O)O)C1CO[C@@H]1OC(C(=O)O)[C@H](O)C(COC[C@@H]2OC(COS(=O)(=O)O)[C@H](O)C(CO[C@@H]3OC(C)[C@H](OS(=O)(=O)O)C(O)C3OS(=O)(=O)O)C2CO[C@@H]2OC(C(=O)O)=CC(O)C2O)C1O. The summed E-state index contributed by atoms with van der Waals surface area (Å²) in [5.74, 6) is -13.0. The van der Waals surface area contributed by atoms with Gasteiger partial charge in [-0.05, 0) is 26.8 Å². The zero-order chi connectivity index (χ0) is 72.3. The molecule has 0 aromatic rings. The molecule has 0 aromatic carbocycles. The third-order valence-corrected chi connectivity index (χ3v) is 18.3. The molecule has 6 aliphatic heterocycles. The van der Waals surface area contributed by atoms with Crippen molar-refractivity contribution >= 4 is 74.3 Å². The summed E-state index contributed by atoms with van der Waals surface area (Å²) in [6.07, 6.45) is -48.1. The Morgan fingerprint density at radius 2 is 0.792 bits per heavy atom. The van der Waals surface area contributed by atoms with Crippen LogP contribution in [-0.4, -0.2) is 335 Å². The lowest BCUT2D eigenvalue weighted by atomic mass is 9.79. The number of hydrogen-bond donors (Lipinski definition) is 16. The summed E-state index contributed by atoms with van der Waals surface area (Å²) in [4.78, 5) is 24.5. The molecule has 0 spiro atoms. The molecule has 16 N–H and O–H groups in total. The zero-order valence-corrected chi connectivity index (χ0v) is 54.1. The first-order chi connectivity index (χ1) is 44.0. The molecule has 560 valence electrons. The van der Waals surface area contributed by atoms with Gasteiger partial charge in [0.05, 0.1) is 95.6 Å². The fraction of sp³-hybridized carbons (Fsp3) is 0.907. The second-order valence-electron chi connectivity index (χ2n) is 22.1. The lowest BCUT2D eigenvalue weighted by Gasteiger charge is -2.47. The Morgan fingerprint density at radius 1 is 0.385 bits per heavy atom. The van der Waals surface area contributed by atoms with E-state index in [4.69, 9.17) is 52.1 Å². The van der Waals surface area contributed by atoms with Crippen molar-refractivity contribution in [1.29, 1.82) is 0 Å². The first-order valence-corrected chi connectivity index (χ1v) is 35.7. The molecule has 6 heterocycles. The van der Waals surface area contributed by atoms with E-state index in [1.807, 2.05) is 0 Å². The van der Waals surface area contributed by atoms with Gasteiger partial charge in [0.2, 0.25) is 12.0 Å². The summed E-state index contributed by atoms with van der Waals surface area (Å²) in [5.41, 5.74) is 0. The van der Waals surface area contributed by atoms with Crippen LogP contribution >= 0.6 is 0 Å². The minimum Gasteiger partial charge on any atom is -0.479 e. The van der Waals surface area contributed by atoms with Gasteiger partial charge in [-0.1, -0.05) is 0 Å². The molecule has 28 atom stereocenters. The average Bonchev–Trinajstić information content (AvgIpc) is 0.797. The third-order valence-electron chi connectivity index (χ3n) is 15.6. The van der Waals surface area contributed by atoms with E-state index in [1.165, 1.54) is 6.92 Å². The molecule has 47 nitrogen and oxygen atoms in total. The maximum absolute atomic E-state index is 12.7. The number of hydrogen-bond acceptors (Lipinski definition) is 39. The maximum Gasteiger partial charge on any atom is 0.397 e. The van der Waals surface area contributed by atoms with E-state index in [-0.39, 0.29) is 0 Å². The van der Waals surface area contributed by atoms with Gasteiger partial charge in [0.15, 0.2) is 37.2 Å². The van der Waals surface area contributed by atoms with E-state index < -0.39 is 304 Å². The minimum atomic E-state index is -5.68. The highest BCUT2D eigenvalue weighted by Gasteiger charge is 2.55. The van der Waals surface area contributed by atoms with E-state index >= 15 is 0 Å². The van der Waals surface area contributed by atoms with Crippen LogP contribution in [-0.2, 0) is 149 Å². The average molecular weight is 1530 g/mol. The number of carbonyl (C=O) groups is 2. The molecule has 0 bridgehead atoms. The fourth-order valence-corrected chi connectivity index (χ4v) is 13.7. The van der Waals surface area contributed by atoms with Crippen LogP contribution in [0.1, 0.15) is 20.8 Å². The van der Waals surface area contributed by atoms with Crippen LogP contribution in [0.5, 0.6) is 0 Å². The molecule has 5 saturated heterocycles. The van der Waals surface area contributed by atoms with Crippen LogP contribution in [0.4, 0.5) is 0 Å². The van der Waals surface area contributed by atoms with Gasteiger partial charge in [0, 0.05) is 29.6 Å². The predicted molar refractivity (Wildman–Crippen MR) is 289 cm³/mol. The fourth-order valence-electron chi connectivity index (χ4n) is 11.0. The first kappa shape index (κ1) is 81.9. The van der Waals surface area contributed by atoms with E-state index in [0.717, 1.165) is 13.8 Å². The molecule has 96 heavy (non-hydrogen) atoms. The van der Waals surface area contributed by atoms with E-state index in [2.05, 4.69) is 25.1 Å². The molecular weight excluding hydrogens is 1460 g/mol. The van der Waals surface area contributed by atoms with Gasteiger partial charge < -0.3 is 103 Å². The minimum absolute atomic E-state index is 0.569. The van der Waals surface area contributed by atoms with Gasteiger partial charge in [0.1, 0.15) is 54.9 Å². The van der Waals surface area contributed by atoms with Crippen molar-refractivity contribution in [3.05, 3.63) is 11.8 Å². The Hall–Kier alpha value is -3.02. The lowest BCUT2D eigenvalue weighted by Crippen LogP contribution is -2.61. The van der Waals surface area contributed by atoms with Crippen LogP contribution < -0.4 is 0 Å². The van der Waals surface area contributed by atoms with Crippen LogP contribution in [0.3, 0.4) is 0 Å². The summed E-state index contributed by atoms with van der Waals surface area (Å²) < 4.78 is 286. The highest BCUT2D eigenvalue weighted by atomic mass is 32.3. The molecule has 18 unspecified atom stereocenters. The van der Waals surface area contributed by atoms with Crippen molar-refractivity contribution in [2.75, 3.05) is 52.9 Å². The monoisotopic (exact) mass is 1530 g/mol. The number of rotatable bonds is 32. The van der Waals surface area contributed by atoms with E-state index in [9.17, 15) is 138 Å². The molecule has 5 fully saturated rings.